The molecule has 480 valence electrons. The Morgan fingerprint density at radius 2 is 0.593 bits per heavy atom. The topological polar surface area (TPSA) is 237 Å². The predicted molar refractivity (Wildman–Crippen MR) is 321 cm³/mol. The third kappa shape index (κ3) is 53.3. The summed E-state index contributed by atoms with van der Waals surface area (Å²) in [4.78, 5) is 72.1. The van der Waals surface area contributed by atoms with Crippen molar-refractivity contribution in [2.45, 2.75) is 311 Å². The third-order valence-electron chi connectivity index (χ3n) is 15.2. The van der Waals surface area contributed by atoms with Gasteiger partial charge < -0.3 is 33.8 Å². The van der Waals surface area contributed by atoms with E-state index in [1.807, 2.05) is 0 Å². The lowest BCUT2D eigenvalue weighted by molar-refractivity contribution is -0.161. The Bertz CT molecular complexity index is 1630. The summed E-state index contributed by atoms with van der Waals surface area (Å²) in [6.07, 6.45) is 30.9. The summed E-state index contributed by atoms with van der Waals surface area (Å²) >= 11 is 0. The van der Waals surface area contributed by atoms with E-state index in [2.05, 4.69) is 55.4 Å². The van der Waals surface area contributed by atoms with Crippen LogP contribution in [0.25, 0.3) is 0 Å². The molecule has 5 unspecified atom stereocenters. The van der Waals surface area contributed by atoms with E-state index < -0.39 is 97.5 Å². The van der Waals surface area contributed by atoms with Crippen LogP contribution < -0.4 is 0 Å². The van der Waals surface area contributed by atoms with E-state index in [1.165, 1.54) is 89.9 Å². The number of rotatable bonds is 59. The second-order valence-corrected chi connectivity index (χ2v) is 26.6. The molecule has 19 heteroatoms. The highest BCUT2D eigenvalue weighted by molar-refractivity contribution is 7.47. The highest BCUT2D eigenvalue weighted by Crippen LogP contribution is 2.45. The van der Waals surface area contributed by atoms with Gasteiger partial charge >= 0.3 is 39.5 Å². The molecule has 3 N–H and O–H groups in total. The molecule has 8 atom stereocenters. The van der Waals surface area contributed by atoms with Crippen molar-refractivity contribution >= 4 is 39.5 Å². The van der Waals surface area contributed by atoms with E-state index in [4.69, 9.17) is 37.0 Å². The van der Waals surface area contributed by atoms with Crippen molar-refractivity contribution in [3.05, 3.63) is 0 Å². The number of phosphoric acid groups is 2. The molecular formula is C62H120O17P2. The van der Waals surface area contributed by atoms with Gasteiger partial charge in [-0.15, -0.1) is 0 Å². The van der Waals surface area contributed by atoms with Crippen molar-refractivity contribution in [1.82, 2.24) is 0 Å². The molecule has 0 saturated heterocycles. The van der Waals surface area contributed by atoms with E-state index in [0.29, 0.717) is 25.7 Å². The highest BCUT2D eigenvalue weighted by atomic mass is 31.2. The van der Waals surface area contributed by atoms with Crippen LogP contribution >= 0.6 is 15.6 Å². The van der Waals surface area contributed by atoms with E-state index in [1.54, 1.807) is 0 Å². The Hall–Kier alpha value is -1.94. The third-order valence-corrected chi connectivity index (χ3v) is 17.1. The first-order chi connectivity index (χ1) is 38.7. The SMILES string of the molecule is CCC(C)CCCCCCCCC(=O)OC[C@H](COP(=O)(O)OC[C@H](O)COP(=O)(O)OC[C@@H](COC(=O)CCCCCCCCCCC(C)C)OC(=O)CCCCCCCCC(C)CC)OC(=O)CCCCCCCCC(C)CC. The Morgan fingerprint density at radius 1 is 0.346 bits per heavy atom. The first-order valence-electron chi connectivity index (χ1n) is 32.3. The molecule has 0 heterocycles. The van der Waals surface area contributed by atoms with Crippen LogP contribution in [0.4, 0.5) is 0 Å². The fraction of sp³-hybridized carbons (Fsp3) is 0.935. The lowest BCUT2D eigenvalue weighted by Gasteiger charge is -2.21. The molecule has 0 aromatic heterocycles. The summed E-state index contributed by atoms with van der Waals surface area (Å²) in [6.45, 7) is 13.9. The number of esters is 4. The Kier molecular flexibility index (Phi) is 51.1. The van der Waals surface area contributed by atoms with Crippen LogP contribution in [0.5, 0.6) is 0 Å². The molecule has 0 aliphatic carbocycles. The first-order valence-corrected chi connectivity index (χ1v) is 35.3. The molecule has 0 aromatic rings. The van der Waals surface area contributed by atoms with Crippen molar-refractivity contribution in [3.63, 3.8) is 0 Å². The largest absolute Gasteiger partial charge is 0.472 e. The van der Waals surface area contributed by atoms with Crippen molar-refractivity contribution < 1.29 is 80.2 Å². The number of aliphatic hydroxyl groups excluding tert-OH is 1. The molecule has 0 saturated carbocycles. The Balaban J connectivity index is 5.27. The van der Waals surface area contributed by atoms with Gasteiger partial charge in [0.2, 0.25) is 0 Å². The fourth-order valence-electron chi connectivity index (χ4n) is 8.98. The normalized spacial score (nSPS) is 15.5. The second-order valence-electron chi connectivity index (χ2n) is 23.6. The number of carbonyl (C=O) groups is 4. The lowest BCUT2D eigenvalue weighted by Crippen LogP contribution is -2.30. The number of hydrogen-bond acceptors (Lipinski definition) is 15. The summed E-state index contributed by atoms with van der Waals surface area (Å²) in [5.74, 6) is 0.750. The predicted octanol–water partition coefficient (Wildman–Crippen LogP) is 16.6. The molecule has 0 aliphatic rings. The molecule has 0 fully saturated rings. The summed E-state index contributed by atoms with van der Waals surface area (Å²) in [5.41, 5.74) is 0. The number of ether oxygens (including phenoxy) is 4. The highest BCUT2D eigenvalue weighted by Gasteiger charge is 2.30. The van der Waals surface area contributed by atoms with E-state index in [9.17, 15) is 43.2 Å². The Labute approximate surface area is 492 Å². The minimum absolute atomic E-state index is 0.101. The van der Waals surface area contributed by atoms with Crippen LogP contribution in [0.1, 0.15) is 293 Å². The first kappa shape index (κ1) is 79.1. The van der Waals surface area contributed by atoms with Crippen molar-refractivity contribution in [1.29, 1.82) is 0 Å². The summed E-state index contributed by atoms with van der Waals surface area (Å²) in [6, 6.07) is 0. The van der Waals surface area contributed by atoms with Crippen LogP contribution in [0.15, 0.2) is 0 Å². The maximum absolute atomic E-state index is 12.9. The minimum atomic E-state index is -4.94. The van der Waals surface area contributed by atoms with E-state index in [-0.39, 0.29) is 25.7 Å². The van der Waals surface area contributed by atoms with Gasteiger partial charge in [-0.2, -0.15) is 0 Å². The van der Waals surface area contributed by atoms with Gasteiger partial charge in [-0.05, 0) is 49.4 Å². The van der Waals surface area contributed by atoms with Gasteiger partial charge in [-0.1, -0.05) is 242 Å². The minimum Gasteiger partial charge on any atom is -0.462 e. The van der Waals surface area contributed by atoms with Gasteiger partial charge in [0.25, 0.3) is 0 Å². The molecule has 17 nitrogen and oxygen atoms in total. The van der Waals surface area contributed by atoms with Gasteiger partial charge in [0.15, 0.2) is 12.2 Å². The number of phosphoric ester groups is 2. The Morgan fingerprint density at radius 3 is 0.877 bits per heavy atom. The van der Waals surface area contributed by atoms with Crippen LogP contribution in [0, 0.1) is 23.7 Å². The molecule has 0 aliphatic heterocycles. The molecule has 0 amide bonds. The van der Waals surface area contributed by atoms with Gasteiger partial charge in [0.05, 0.1) is 26.4 Å². The summed E-state index contributed by atoms with van der Waals surface area (Å²) < 4.78 is 67.9. The zero-order valence-corrected chi connectivity index (χ0v) is 54.2. The summed E-state index contributed by atoms with van der Waals surface area (Å²) in [7, 11) is -9.89. The van der Waals surface area contributed by atoms with Crippen molar-refractivity contribution in [2.24, 2.45) is 23.7 Å². The van der Waals surface area contributed by atoms with Crippen LogP contribution in [-0.2, 0) is 65.4 Å². The molecule has 81 heavy (non-hydrogen) atoms. The molecule has 0 aromatic carbocycles. The zero-order valence-electron chi connectivity index (χ0n) is 52.4. The van der Waals surface area contributed by atoms with Crippen LogP contribution in [0.2, 0.25) is 0 Å². The molecule has 0 bridgehead atoms. The molecule has 0 spiro atoms. The zero-order chi connectivity index (χ0) is 60.4. The molecule has 0 radical (unpaired) electrons. The number of carbonyl (C=O) groups excluding carboxylic acids is 4. The van der Waals surface area contributed by atoms with Crippen LogP contribution in [-0.4, -0.2) is 96.7 Å². The smallest absolute Gasteiger partial charge is 0.462 e. The van der Waals surface area contributed by atoms with Gasteiger partial charge in [-0.25, -0.2) is 9.13 Å². The van der Waals surface area contributed by atoms with E-state index in [0.717, 1.165) is 120 Å². The molecule has 0 rings (SSSR count). The summed E-state index contributed by atoms with van der Waals surface area (Å²) in [5, 5.41) is 10.5. The quantitative estimate of drug-likeness (QED) is 0.0222. The van der Waals surface area contributed by atoms with Crippen LogP contribution in [0.3, 0.4) is 0 Å². The van der Waals surface area contributed by atoms with E-state index >= 15 is 0 Å². The maximum atomic E-state index is 12.9. The standard InChI is InChI=1S/C62H120O17P2/c1-9-53(6)39-31-23-16-19-27-35-43-60(65)73-49-58(79-62(67)45-37-29-21-18-25-33-41-55(8)11-3)51-77-81(70,71)75-47-56(63)46-74-80(68,69)76-50-57(78-61(66)44-36-28-20-17-24-32-40-54(7)10-2)48-72-59(64)42-34-26-15-13-12-14-22-30-38-52(4)5/h52-58,63H,9-51H2,1-8H3,(H,68,69)(H,70,71)/t53?,54?,55?,56-,57-,58-/m1/s1. The van der Waals surface area contributed by atoms with Gasteiger partial charge in [0, 0.05) is 25.7 Å². The van der Waals surface area contributed by atoms with Crippen molar-refractivity contribution in [3.8, 4) is 0 Å². The number of hydrogen-bond donors (Lipinski definition) is 3. The number of unbranched alkanes of at least 4 members (excludes halogenated alkanes) is 22. The number of aliphatic hydroxyl groups is 1. The van der Waals surface area contributed by atoms with Gasteiger partial charge in [0.1, 0.15) is 19.3 Å². The fourth-order valence-corrected chi connectivity index (χ4v) is 10.6. The second kappa shape index (κ2) is 52.4. The molecular weight excluding hydrogens is 1080 g/mol. The average Bonchev–Trinajstić information content (AvgIpc) is 3.43. The monoisotopic (exact) mass is 1200 g/mol. The van der Waals surface area contributed by atoms with Gasteiger partial charge in [-0.3, -0.25) is 37.3 Å². The van der Waals surface area contributed by atoms with Crippen molar-refractivity contribution in [2.75, 3.05) is 39.6 Å². The maximum Gasteiger partial charge on any atom is 0.472 e. The average molecular weight is 1200 g/mol. The lowest BCUT2D eigenvalue weighted by atomic mass is 10.00.